The smallest absolute Gasteiger partial charge is 0.387 e. The van der Waals surface area contributed by atoms with Gasteiger partial charge in [-0.2, -0.15) is 8.78 Å². The fraction of sp³-hybridized carbons (Fsp3) is 0.333. The molecule has 1 saturated carbocycles. The van der Waals surface area contributed by atoms with Gasteiger partial charge in [-0.05, 0) is 31.4 Å². The summed E-state index contributed by atoms with van der Waals surface area (Å²) in [6.07, 6.45) is 4.34. The van der Waals surface area contributed by atoms with E-state index in [9.17, 15) is 18.0 Å². The van der Waals surface area contributed by atoms with E-state index >= 15 is 0 Å². The molecule has 1 aromatic carbocycles. The van der Waals surface area contributed by atoms with Crippen LogP contribution in [0, 0.1) is 5.82 Å². The third-order valence-electron chi connectivity index (χ3n) is 3.65. The number of alkyl halides is 2. The van der Waals surface area contributed by atoms with Crippen LogP contribution in [0.4, 0.5) is 13.2 Å². The van der Waals surface area contributed by atoms with Gasteiger partial charge in [-0.25, -0.2) is 4.39 Å². The van der Waals surface area contributed by atoms with E-state index in [0.717, 1.165) is 31.4 Å². The van der Waals surface area contributed by atoms with Crippen molar-refractivity contribution in [3.63, 3.8) is 0 Å². The van der Waals surface area contributed by atoms with Crippen LogP contribution in [-0.4, -0.2) is 23.5 Å². The van der Waals surface area contributed by atoms with E-state index < -0.39 is 18.2 Å². The molecule has 4 nitrogen and oxygen atoms in total. The number of halogens is 3. The number of ether oxygens (including phenoxy) is 1. The fourth-order valence-corrected chi connectivity index (χ4v) is 2.26. The van der Waals surface area contributed by atoms with Crippen molar-refractivity contribution < 1.29 is 22.7 Å². The molecule has 0 radical (unpaired) electrons. The van der Waals surface area contributed by atoms with Crippen LogP contribution in [0.25, 0.3) is 10.9 Å². The molecule has 0 bridgehead atoms. The molecule has 1 amide bonds. The normalized spacial score (nSPS) is 14.9. The summed E-state index contributed by atoms with van der Waals surface area (Å²) in [6.45, 7) is -3.11. The van der Waals surface area contributed by atoms with Gasteiger partial charge in [-0.15, -0.1) is 0 Å². The zero-order valence-corrected chi connectivity index (χ0v) is 11.5. The highest BCUT2D eigenvalue weighted by atomic mass is 19.3. The second-order valence-corrected chi connectivity index (χ2v) is 5.18. The summed E-state index contributed by atoms with van der Waals surface area (Å²) in [4.78, 5) is 16.0. The van der Waals surface area contributed by atoms with Crippen LogP contribution in [0.3, 0.4) is 0 Å². The quantitative estimate of drug-likeness (QED) is 0.943. The summed E-state index contributed by atoms with van der Waals surface area (Å²) in [5, 5.41) is 3.20. The Morgan fingerprint density at radius 3 is 2.73 bits per heavy atom. The standard InChI is InChI=1S/C15H13F3N2O2/c16-11-5-8-4-9(14(21)20-10-2-1-3-10)7-19-12(8)6-13(11)22-15(17)18/h4-7,10,15H,1-3H2,(H,20,21). The van der Waals surface area contributed by atoms with Crippen molar-refractivity contribution in [1.29, 1.82) is 0 Å². The zero-order valence-electron chi connectivity index (χ0n) is 11.5. The molecule has 0 spiro atoms. The number of carbonyl (C=O) groups excluding carboxylic acids is 1. The highest BCUT2D eigenvalue weighted by molar-refractivity contribution is 5.97. The Morgan fingerprint density at radius 1 is 1.32 bits per heavy atom. The molecule has 1 aliphatic rings. The SMILES string of the molecule is O=C(NC1CCC1)c1cnc2cc(OC(F)F)c(F)cc2c1. The molecule has 3 rings (SSSR count). The Hall–Kier alpha value is -2.31. The molecule has 22 heavy (non-hydrogen) atoms. The van der Waals surface area contributed by atoms with Gasteiger partial charge in [-0.1, -0.05) is 0 Å². The first-order valence-corrected chi connectivity index (χ1v) is 6.88. The number of rotatable bonds is 4. The minimum Gasteiger partial charge on any atom is -0.432 e. The van der Waals surface area contributed by atoms with E-state index in [4.69, 9.17) is 0 Å². The number of amides is 1. The van der Waals surface area contributed by atoms with Gasteiger partial charge in [-0.3, -0.25) is 9.78 Å². The van der Waals surface area contributed by atoms with Crippen LogP contribution < -0.4 is 10.1 Å². The van der Waals surface area contributed by atoms with Crippen LogP contribution in [0.1, 0.15) is 29.6 Å². The molecule has 0 saturated heterocycles. The molecular formula is C15H13F3N2O2. The van der Waals surface area contributed by atoms with Crippen molar-refractivity contribution in [3.05, 3.63) is 35.8 Å². The number of hydrogen-bond acceptors (Lipinski definition) is 3. The van der Waals surface area contributed by atoms with E-state index in [1.807, 2.05) is 0 Å². The fourth-order valence-electron chi connectivity index (χ4n) is 2.26. The van der Waals surface area contributed by atoms with Crippen LogP contribution >= 0.6 is 0 Å². The van der Waals surface area contributed by atoms with E-state index in [0.29, 0.717) is 10.9 Å². The molecule has 116 valence electrons. The minimum absolute atomic E-state index is 0.182. The van der Waals surface area contributed by atoms with Gasteiger partial charge < -0.3 is 10.1 Å². The lowest BCUT2D eigenvalue weighted by Crippen LogP contribution is -2.39. The number of nitrogens with one attached hydrogen (secondary N) is 1. The molecule has 2 aromatic rings. The van der Waals surface area contributed by atoms with Gasteiger partial charge in [0, 0.05) is 23.7 Å². The molecular weight excluding hydrogens is 297 g/mol. The van der Waals surface area contributed by atoms with Crippen molar-refractivity contribution in [2.75, 3.05) is 0 Å². The van der Waals surface area contributed by atoms with Crippen molar-refractivity contribution in [1.82, 2.24) is 10.3 Å². The number of aromatic nitrogens is 1. The van der Waals surface area contributed by atoms with Crippen LogP contribution in [0.15, 0.2) is 24.4 Å². The van der Waals surface area contributed by atoms with Gasteiger partial charge in [0.1, 0.15) is 0 Å². The molecule has 1 aromatic heterocycles. The van der Waals surface area contributed by atoms with Crippen LogP contribution in [0.5, 0.6) is 5.75 Å². The Labute approximate surface area is 124 Å². The van der Waals surface area contributed by atoms with Crippen molar-refractivity contribution in [2.24, 2.45) is 0 Å². The summed E-state index contributed by atoms with van der Waals surface area (Å²) in [5.74, 6) is -1.76. The average molecular weight is 310 g/mol. The molecule has 1 aliphatic carbocycles. The number of hydrogen-bond donors (Lipinski definition) is 1. The number of pyridine rings is 1. The zero-order chi connectivity index (χ0) is 15.7. The Morgan fingerprint density at radius 2 is 2.09 bits per heavy atom. The summed E-state index contributed by atoms with van der Waals surface area (Å²) < 4.78 is 42.1. The topological polar surface area (TPSA) is 51.2 Å². The molecule has 0 atom stereocenters. The molecule has 1 N–H and O–H groups in total. The number of benzene rings is 1. The van der Waals surface area contributed by atoms with Crippen molar-refractivity contribution >= 4 is 16.8 Å². The van der Waals surface area contributed by atoms with Gasteiger partial charge in [0.15, 0.2) is 11.6 Å². The molecule has 0 aliphatic heterocycles. The van der Waals surface area contributed by atoms with Gasteiger partial charge >= 0.3 is 6.61 Å². The summed E-state index contributed by atoms with van der Waals surface area (Å²) in [6, 6.07) is 3.78. The number of nitrogens with zero attached hydrogens (tertiary/aromatic N) is 1. The van der Waals surface area contributed by atoms with Crippen molar-refractivity contribution in [2.45, 2.75) is 31.9 Å². The van der Waals surface area contributed by atoms with Crippen molar-refractivity contribution in [3.8, 4) is 5.75 Å². The van der Waals surface area contributed by atoms with Gasteiger partial charge in [0.25, 0.3) is 5.91 Å². The maximum absolute atomic E-state index is 13.7. The largest absolute Gasteiger partial charge is 0.432 e. The maximum Gasteiger partial charge on any atom is 0.387 e. The summed E-state index contributed by atoms with van der Waals surface area (Å²) in [7, 11) is 0. The first-order valence-electron chi connectivity index (χ1n) is 6.88. The lowest BCUT2D eigenvalue weighted by molar-refractivity contribution is -0.0520. The molecule has 1 heterocycles. The van der Waals surface area contributed by atoms with E-state index in [1.54, 1.807) is 0 Å². The molecule has 0 unspecified atom stereocenters. The second-order valence-electron chi connectivity index (χ2n) is 5.18. The second kappa shape index (κ2) is 5.82. The van der Waals surface area contributed by atoms with Crippen LogP contribution in [0.2, 0.25) is 0 Å². The van der Waals surface area contributed by atoms with Crippen LogP contribution in [-0.2, 0) is 0 Å². The predicted octanol–water partition coefficient (Wildman–Crippen LogP) is 3.26. The Balaban J connectivity index is 1.87. The van der Waals surface area contributed by atoms with Gasteiger partial charge in [0.2, 0.25) is 0 Å². The first kappa shape index (κ1) is 14.6. The average Bonchev–Trinajstić information content (AvgIpc) is 2.42. The number of carbonyl (C=O) groups is 1. The summed E-state index contributed by atoms with van der Waals surface area (Å²) in [5.41, 5.74) is 0.582. The third-order valence-corrected chi connectivity index (χ3v) is 3.65. The van der Waals surface area contributed by atoms with E-state index in [-0.39, 0.29) is 17.5 Å². The first-order chi connectivity index (χ1) is 10.5. The monoisotopic (exact) mass is 310 g/mol. The Bertz CT molecular complexity index is 717. The minimum atomic E-state index is -3.11. The maximum atomic E-state index is 13.7. The predicted molar refractivity (Wildman–Crippen MR) is 73.4 cm³/mol. The molecule has 1 fully saturated rings. The van der Waals surface area contributed by atoms with Gasteiger partial charge in [0.05, 0.1) is 11.1 Å². The number of fused-ring (bicyclic) bond motifs is 1. The summed E-state index contributed by atoms with van der Waals surface area (Å²) >= 11 is 0. The lowest BCUT2D eigenvalue weighted by atomic mass is 9.93. The molecule has 7 heteroatoms. The Kier molecular flexibility index (Phi) is 3.87. The third kappa shape index (κ3) is 2.98. The lowest BCUT2D eigenvalue weighted by Gasteiger charge is -2.26. The van der Waals surface area contributed by atoms with E-state index in [2.05, 4.69) is 15.0 Å². The highest BCUT2D eigenvalue weighted by Gasteiger charge is 2.20. The van der Waals surface area contributed by atoms with E-state index in [1.165, 1.54) is 12.3 Å². The highest BCUT2D eigenvalue weighted by Crippen LogP contribution is 2.26.